The smallest absolute Gasteiger partial charge is 0.329 e. The van der Waals surface area contributed by atoms with Crippen LogP contribution in [0.1, 0.15) is 5.56 Å². The maximum absolute atomic E-state index is 12.0. The van der Waals surface area contributed by atoms with Gasteiger partial charge in [-0.25, -0.2) is 9.69 Å². The Hall–Kier alpha value is -2.79. The van der Waals surface area contributed by atoms with Gasteiger partial charge in [0.05, 0.1) is 4.47 Å². The largest absolute Gasteiger partial charge is 0.480 e. The summed E-state index contributed by atoms with van der Waals surface area (Å²) in [5.74, 6) is 0.924. The molecule has 8 heteroatoms. The number of hydrogen-bond donors (Lipinski definition) is 2. The number of carboxylic acid groups (broad SMARTS) is 1. The number of aliphatic carboxylic acids is 1. The molecule has 1 aliphatic heterocycles. The number of hydrogen-bond acceptors (Lipinski definition) is 4. The average Bonchev–Trinajstić information content (AvgIpc) is 2.74. The number of amides is 3. The molecule has 0 atom stereocenters. The van der Waals surface area contributed by atoms with E-state index in [4.69, 9.17) is 16.3 Å². The first-order valence-corrected chi connectivity index (χ1v) is 7.14. The number of nitrogens with one attached hydrogen (secondary N) is 1. The van der Waals surface area contributed by atoms with Gasteiger partial charge >= 0.3 is 12.0 Å². The van der Waals surface area contributed by atoms with Crippen molar-refractivity contribution in [1.29, 1.82) is 0 Å². The van der Waals surface area contributed by atoms with E-state index in [1.165, 1.54) is 6.08 Å². The number of halogens is 1. The fourth-order valence-corrected chi connectivity index (χ4v) is 2.37. The van der Waals surface area contributed by atoms with Crippen molar-refractivity contribution in [1.82, 2.24) is 10.2 Å². The van der Waals surface area contributed by atoms with E-state index in [-0.39, 0.29) is 12.3 Å². The molecular formula is C15H11BrN2O5. The standard InChI is InChI=1S/C15H11BrN2O5/c1-2-5-23-12-4-3-9(6-10(12)16)7-11-14(21)18(8-13(19)20)15(22)17-11/h1,3-4,6-7H,5,8H2,(H,17,22)(H,19,20)/b11-7+. The summed E-state index contributed by atoms with van der Waals surface area (Å²) in [5.41, 5.74) is 0.617. The number of carbonyl (C=O) groups excluding carboxylic acids is 2. The Bertz CT molecular complexity index is 751. The molecule has 2 rings (SSSR count). The van der Waals surface area contributed by atoms with Crippen molar-refractivity contribution in [3.8, 4) is 18.1 Å². The van der Waals surface area contributed by atoms with Crippen molar-refractivity contribution in [2.75, 3.05) is 13.2 Å². The zero-order valence-corrected chi connectivity index (χ0v) is 13.3. The van der Waals surface area contributed by atoms with E-state index in [9.17, 15) is 14.4 Å². The van der Waals surface area contributed by atoms with E-state index in [0.717, 1.165) is 0 Å². The van der Waals surface area contributed by atoms with E-state index < -0.39 is 24.5 Å². The van der Waals surface area contributed by atoms with Crippen molar-refractivity contribution < 1.29 is 24.2 Å². The molecule has 1 heterocycles. The highest BCUT2D eigenvalue weighted by molar-refractivity contribution is 9.10. The van der Waals surface area contributed by atoms with Crippen LogP contribution in [-0.4, -0.2) is 41.1 Å². The first-order chi connectivity index (χ1) is 10.9. The maximum Gasteiger partial charge on any atom is 0.329 e. The van der Waals surface area contributed by atoms with Crippen LogP contribution in [-0.2, 0) is 9.59 Å². The Morgan fingerprint density at radius 1 is 1.48 bits per heavy atom. The van der Waals surface area contributed by atoms with Crippen LogP contribution in [0.4, 0.5) is 4.79 Å². The summed E-state index contributed by atoms with van der Waals surface area (Å²) in [7, 11) is 0. The second kappa shape index (κ2) is 6.98. The van der Waals surface area contributed by atoms with Crippen LogP contribution in [0, 0.1) is 12.3 Å². The third-order valence-corrected chi connectivity index (χ3v) is 3.45. The minimum absolute atomic E-state index is 0.000410. The molecule has 1 aliphatic rings. The normalized spacial score (nSPS) is 15.5. The van der Waals surface area contributed by atoms with Crippen LogP contribution >= 0.6 is 15.9 Å². The number of nitrogens with zero attached hydrogens (tertiary/aromatic N) is 1. The Kier molecular flexibility index (Phi) is 5.03. The molecule has 0 saturated carbocycles. The Morgan fingerprint density at radius 2 is 2.22 bits per heavy atom. The van der Waals surface area contributed by atoms with Crippen LogP contribution in [0.15, 0.2) is 28.4 Å². The molecule has 0 bridgehead atoms. The van der Waals surface area contributed by atoms with Crippen molar-refractivity contribution in [2.45, 2.75) is 0 Å². The van der Waals surface area contributed by atoms with Gasteiger partial charge in [-0.05, 0) is 39.7 Å². The number of rotatable bonds is 5. The van der Waals surface area contributed by atoms with Gasteiger partial charge in [-0.1, -0.05) is 12.0 Å². The van der Waals surface area contributed by atoms with Gasteiger partial charge in [-0.3, -0.25) is 9.59 Å². The SMILES string of the molecule is C#CCOc1ccc(/C=C2/NC(=O)N(CC(=O)O)C2=O)cc1Br. The Balaban J connectivity index is 2.21. The lowest BCUT2D eigenvalue weighted by Crippen LogP contribution is -2.35. The number of benzene rings is 1. The minimum Gasteiger partial charge on any atom is -0.480 e. The summed E-state index contributed by atoms with van der Waals surface area (Å²) in [6.45, 7) is -0.567. The minimum atomic E-state index is -1.27. The second-order valence-corrected chi connectivity index (χ2v) is 5.31. The predicted molar refractivity (Wildman–Crippen MR) is 84.3 cm³/mol. The fourth-order valence-electron chi connectivity index (χ4n) is 1.86. The summed E-state index contributed by atoms with van der Waals surface area (Å²) in [4.78, 5) is 34.9. The number of urea groups is 1. The lowest BCUT2D eigenvalue weighted by Gasteiger charge is -2.07. The number of ether oxygens (including phenoxy) is 1. The number of imide groups is 1. The van der Waals surface area contributed by atoms with Crippen LogP contribution in [0.3, 0.4) is 0 Å². The number of terminal acetylenes is 1. The molecule has 0 aliphatic carbocycles. The topological polar surface area (TPSA) is 95.9 Å². The lowest BCUT2D eigenvalue weighted by atomic mass is 10.2. The molecule has 0 unspecified atom stereocenters. The summed E-state index contributed by atoms with van der Waals surface area (Å²) in [6, 6.07) is 4.24. The fraction of sp³-hybridized carbons (Fsp3) is 0.133. The molecule has 1 fully saturated rings. The second-order valence-electron chi connectivity index (χ2n) is 4.46. The molecule has 0 aromatic heterocycles. The molecule has 2 N–H and O–H groups in total. The maximum atomic E-state index is 12.0. The Labute approximate surface area is 140 Å². The molecule has 7 nitrogen and oxygen atoms in total. The van der Waals surface area contributed by atoms with E-state index >= 15 is 0 Å². The van der Waals surface area contributed by atoms with Crippen molar-refractivity contribution in [3.63, 3.8) is 0 Å². The number of carboxylic acids is 1. The van der Waals surface area contributed by atoms with Gasteiger partial charge in [-0.15, -0.1) is 6.42 Å². The van der Waals surface area contributed by atoms with Crippen LogP contribution in [0.25, 0.3) is 6.08 Å². The summed E-state index contributed by atoms with van der Waals surface area (Å²) in [6.07, 6.45) is 6.56. The highest BCUT2D eigenvalue weighted by Gasteiger charge is 2.34. The quantitative estimate of drug-likeness (QED) is 0.459. The van der Waals surface area contributed by atoms with E-state index in [2.05, 4.69) is 27.2 Å². The third-order valence-electron chi connectivity index (χ3n) is 2.83. The zero-order chi connectivity index (χ0) is 17.0. The zero-order valence-electron chi connectivity index (χ0n) is 11.7. The first-order valence-electron chi connectivity index (χ1n) is 6.34. The molecular weight excluding hydrogens is 368 g/mol. The van der Waals surface area contributed by atoms with Gasteiger partial charge in [0.25, 0.3) is 5.91 Å². The van der Waals surface area contributed by atoms with Gasteiger partial charge in [0.2, 0.25) is 0 Å². The molecule has 1 aromatic carbocycles. The highest BCUT2D eigenvalue weighted by Crippen LogP contribution is 2.27. The van der Waals surface area contributed by atoms with E-state index in [1.54, 1.807) is 18.2 Å². The van der Waals surface area contributed by atoms with Gasteiger partial charge < -0.3 is 15.2 Å². The molecule has 118 valence electrons. The molecule has 23 heavy (non-hydrogen) atoms. The monoisotopic (exact) mass is 378 g/mol. The Morgan fingerprint density at radius 3 is 2.83 bits per heavy atom. The van der Waals surface area contributed by atoms with Crippen molar-refractivity contribution in [2.24, 2.45) is 0 Å². The van der Waals surface area contributed by atoms with Crippen molar-refractivity contribution >= 4 is 39.9 Å². The van der Waals surface area contributed by atoms with Crippen LogP contribution in [0.5, 0.6) is 5.75 Å². The molecule has 1 saturated heterocycles. The molecule has 3 amide bonds. The third kappa shape index (κ3) is 3.90. The summed E-state index contributed by atoms with van der Waals surface area (Å²) < 4.78 is 5.92. The van der Waals surface area contributed by atoms with Gasteiger partial charge in [0, 0.05) is 0 Å². The van der Waals surface area contributed by atoms with Crippen molar-refractivity contribution in [3.05, 3.63) is 33.9 Å². The number of carbonyl (C=O) groups is 3. The highest BCUT2D eigenvalue weighted by atomic mass is 79.9. The van der Waals surface area contributed by atoms with Gasteiger partial charge in [-0.2, -0.15) is 0 Å². The van der Waals surface area contributed by atoms with E-state index in [1.807, 2.05) is 0 Å². The average molecular weight is 379 g/mol. The lowest BCUT2D eigenvalue weighted by molar-refractivity contribution is -0.140. The molecule has 0 spiro atoms. The van der Waals surface area contributed by atoms with Gasteiger partial charge in [0.15, 0.2) is 0 Å². The summed E-state index contributed by atoms with van der Waals surface area (Å²) in [5, 5.41) is 11.0. The van der Waals surface area contributed by atoms with Crippen LogP contribution < -0.4 is 10.1 Å². The predicted octanol–water partition coefficient (Wildman–Crippen LogP) is 1.44. The summed E-state index contributed by atoms with van der Waals surface area (Å²) >= 11 is 3.32. The molecule has 1 aromatic rings. The van der Waals surface area contributed by atoms with E-state index in [0.29, 0.717) is 20.7 Å². The molecule has 0 radical (unpaired) electrons. The van der Waals surface area contributed by atoms with Crippen LogP contribution in [0.2, 0.25) is 0 Å². The van der Waals surface area contributed by atoms with Gasteiger partial charge in [0.1, 0.15) is 24.6 Å². The first kappa shape index (κ1) is 16.6.